The minimum Gasteiger partial charge on any atom is -0.480 e. The van der Waals surface area contributed by atoms with Gasteiger partial charge in [-0.05, 0) is 75.0 Å². The Labute approximate surface area is 190 Å². The van der Waals surface area contributed by atoms with Crippen molar-refractivity contribution in [2.75, 3.05) is 13.1 Å². The first-order valence-corrected chi connectivity index (χ1v) is 12.3. The molecular weight excluding hydrogens is 400 g/mol. The van der Waals surface area contributed by atoms with Crippen LogP contribution in [0.15, 0.2) is 42.5 Å². The topological polar surface area (TPSA) is 62.7 Å². The Kier molecular flexibility index (Phi) is 6.56. The van der Waals surface area contributed by atoms with Gasteiger partial charge < -0.3 is 9.84 Å². The van der Waals surface area contributed by atoms with Gasteiger partial charge in [0.1, 0.15) is 6.04 Å². The number of carbonyl (C=O) groups is 1. The molecule has 1 N–H and O–H groups in total. The Balaban J connectivity index is 1.14. The van der Waals surface area contributed by atoms with Gasteiger partial charge in [-0.1, -0.05) is 36.4 Å². The molecule has 1 aliphatic heterocycles. The zero-order valence-electron chi connectivity index (χ0n) is 18.8. The van der Waals surface area contributed by atoms with Gasteiger partial charge in [0.05, 0.1) is 12.2 Å². The molecule has 2 aromatic rings. The maximum Gasteiger partial charge on any atom is 0.325 e. The fourth-order valence-corrected chi connectivity index (χ4v) is 5.84. The summed E-state index contributed by atoms with van der Waals surface area (Å²) < 4.78 is 6.47. The number of fused-ring (bicyclic) bond motifs is 1. The summed E-state index contributed by atoms with van der Waals surface area (Å²) in [5.74, 6) is -0.230. The summed E-state index contributed by atoms with van der Waals surface area (Å²) in [6, 6.07) is 13.5. The monoisotopic (exact) mass is 434 g/mol. The molecule has 2 fully saturated rings. The smallest absolute Gasteiger partial charge is 0.325 e. The summed E-state index contributed by atoms with van der Waals surface area (Å²) >= 11 is 0. The lowest BCUT2D eigenvalue weighted by molar-refractivity contribution is -0.143. The lowest BCUT2D eigenvalue weighted by Crippen LogP contribution is -2.34. The molecule has 170 valence electrons. The number of likely N-dealkylation sites (tertiary alicyclic amines) is 1. The predicted octanol–water partition coefficient (Wildman–Crippen LogP) is 4.90. The second-order valence-corrected chi connectivity index (χ2v) is 9.72. The highest BCUT2D eigenvalue weighted by Gasteiger charge is 2.35. The highest BCUT2D eigenvalue weighted by Crippen LogP contribution is 2.36. The van der Waals surface area contributed by atoms with Gasteiger partial charge in [0, 0.05) is 30.4 Å². The normalized spacial score (nSPS) is 27.1. The van der Waals surface area contributed by atoms with Gasteiger partial charge >= 0.3 is 5.97 Å². The van der Waals surface area contributed by atoms with Crippen molar-refractivity contribution in [3.05, 3.63) is 65.0 Å². The molecule has 2 heterocycles. The number of benzene rings is 1. The van der Waals surface area contributed by atoms with Crippen LogP contribution < -0.4 is 0 Å². The average Bonchev–Trinajstić information content (AvgIpc) is 3.27. The second-order valence-electron chi connectivity index (χ2n) is 9.72. The Morgan fingerprint density at radius 3 is 2.53 bits per heavy atom. The van der Waals surface area contributed by atoms with E-state index in [0.29, 0.717) is 12.5 Å². The number of pyridine rings is 1. The number of carboxylic acid groups (broad SMARTS) is 1. The quantitative estimate of drug-likeness (QED) is 0.700. The molecule has 0 radical (unpaired) electrons. The molecule has 0 spiro atoms. The van der Waals surface area contributed by atoms with Gasteiger partial charge in [-0.15, -0.1) is 0 Å². The molecule has 32 heavy (non-hydrogen) atoms. The van der Waals surface area contributed by atoms with Gasteiger partial charge in [-0.25, -0.2) is 0 Å². The lowest BCUT2D eigenvalue weighted by atomic mass is 9.84. The Hall–Kier alpha value is -2.24. The lowest BCUT2D eigenvalue weighted by Gasteiger charge is -2.31. The molecule has 0 amide bonds. The van der Waals surface area contributed by atoms with Crippen molar-refractivity contribution in [2.24, 2.45) is 0 Å². The van der Waals surface area contributed by atoms with Gasteiger partial charge in [0.15, 0.2) is 0 Å². The standard InChI is InChI=1S/C27H34N2O3/c30-27(31)26(21-7-2-1-3-8-21)29-17-16-23(18-29)32-22-13-10-20(11-14-22)25-15-12-19-6-4-5-9-24(19)28-25/h1-3,7-8,12,15,20,22-23,26H,4-6,9-11,13-14,16-18H2,(H,30,31)/t20?,22?,23-,26?/m1/s1. The van der Waals surface area contributed by atoms with Crippen LogP contribution >= 0.6 is 0 Å². The molecule has 3 aliphatic rings. The number of aromatic nitrogens is 1. The van der Waals surface area contributed by atoms with Crippen molar-refractivity contribution in [3.63, 3.8) is 0 Å². The largest absolute Gasteiger partial charge is 0.480 e. The number of nitrogens with zero attached hydrogens (tertiary/aromatic N) is 2. The number of aliphatic carboxylic acids is 1. The highest BCUT2D eigenvalue weighted by atomic mass is 16.5. The van der Waals surface area contributed by atoms with E-state index in [1.165, 1.54) is 36.2 Å². The summed E-state index contributed by atoms with van der Waals surface area (Å²) in [7, 11) is 0. The summed E-state index contributed by atoms with van der Waals surface area (Å²) in [4.78, 5) is 19.1. The van der Waals surface area contributed by atoms with Crippen LogP contribution in [-0.4, -0.2) is 46.3 Å². The van der Waals surface area contributed by atoms with Crippen LogP contribution in [0, 0.1) is 0 Å². The van der Waals surface area contributed by atoms with E-state index in [-0.39, 0.29) is 12.2 Å². The molecule has 1 unspecified atom stereocenters. The minimum absolute atomic E-state index is 0.129. The molecular formula is C27H34N2O3. The average molecular weight is 435 g/mol. The number of aryl methyl sites for hydroxylation is 2. The van der Waals surface area contributed by atoms with Gasteiger partial charge in [-0.3, -0.25) is 14.7 Å². The van der Waals surface area contributed by atoms with E-state index in [1.54, 1.807) is 0 Å². The number of ether oxygens (including phenoxy) is 1. The third-order valence-electron chi connectivity index (χ3n) is 7.57. The first-order valence-electron chi connectivity index (χ1n) is 12.3. The number of hydrogen-bond donors (Lipinski definition) is 1. The van der Waals surface area contributed by atoms with Crippen LogP contribution in [0.1, 0.15) is 79.4 Å². The Morgan fingerprint density at radius 2 is 1.75 bits per heavy atom. The Morgan fingerprint density at radius 1 is 0.969 bits per heavy atom. The molecule has 1 aromatic heterocycles. The molecule has 5 rings (SSSR count). The van der Waals surface area contributed by atoms with Crippen LogP contribution in [0.2, 0.25) is 0 Å². The van der Waals surface area contributed by atoms with Crippen molar-refractivity contribution in [3.8, 4) is 0 Å². The molecule has 1 saturated heterocycles. The van der Waals surface area contributed by atoms with Crippen LogP contribution in [0.4, 0.5) is 0 Å². The van der Waals surface area contributed by atoms with E-state index in [9.17, 15) is 9.90 Å². The SMILES string of the molecule is O=C(O)C(c1ccccc1)N1CC[C@@H](OC2CCC(c3ccc4c(n3)CCCC4)CC2)C1. The van der Waals surface area contributed by atoms with Crippen molar-refractivity contribution in [1.82, 2.24) is 9.88 Å². The maximum atomic E-state index is 12.0. The number of hydrogen-bond acceptors (Lipinski definition) is 4. The van der Waals surface area contributed by atoms with Crippen LogP contribution in [0.3, 0.4) is 0 Å². The molecule has 2 atom stereocenters. The van der Waals surface area contributed by atoms with E-state index >= 15 is 0 Å². The van der Waals surface area contributed by atoms with Crippen LogP contribution in [0.5, 0.6) is 0 Å². The van der Waals surface area contributed by atoms with Crippen LogP contribution in [-0.2, 0) is 22.4 Å². The zero-order chi connectivity index (χ0) is 21.9. The van der Waals surface area contributed by atoms with E-state index in [4.69, 9.17) is 9.72 Å². The molecule has 0 bridgehead atoms. The van der Waals surface area contributed by atoms with Gasteiger partial charge in [0.25, 0.3) is 0 Å². The van der Waals surface area contributed by atoms with E-state index in [0.717, 1.165) is 50.6 Å². The van der Waals surface area contributed by atoms with E-state index in [2.05, 4.69) is 17.0 Å². The molecule has 1 aromatic carbocycles. The van der Waals surface area contributed by atoms with E-state index in [1.807, 2.05) is 30.3 Å². The van der Waals surface area contributed by atoms with Crippen molar-refractivity contribution < 1.29 is 14.6 Å². The summed E-state index contributed by atoms with van der Waals surface area (Å²) in [6.45, 7) is 1.46. The summed E-state index contributed by atoms with van der Waals surface area (Å²) in [5, 5.41) is 9.82. The van der Waals surface area contributed by atoms with Gasteiger partial charge in [0.2, 0.25) is 0 Å². The summed E-state index contributed by atoms with van der Waals surface area (Å²) in [5.41, 5.74) is 4.92. The molecule has 5 nitrogen and oxygen atoms in total. The predicted molar refractivity (Wildman–Crippen MR) is 124 cm³/mol. The third kappa shape index (κ3) is 4.74. The highest BCUT2D eigenvalue weighted by molar-refractivity contribution is 5.75. The fraction of sp³-hybridized carbons (Fsp3) is 0.556. The molecule has 5 heteroatoms. The van der Waals surface area contributed by atoms with Crippen LogP contribution in [0.25, 0.3) is 0 Å². The molecule has 1 saturated carbocycles. The van der Waals surface area contributed by atoms with Crippen molar-refractivity contribution in [1.29, 1.82) is 0 Å². The number of rotatable bonds is 6. The fourth-order valence-electron chi connectivity index (χ4n) is 5.84. The maximum absolute atomic E-state index is 12.0. The third-order valence-corrected chi connectivity index (χ3v) is 7.57. The van der Waals surface area contributed by atoms with E-state index < -0.39 is 12.0 Å². The minimum atomic E-state index is -0.782. The summed E-state index contributed by atoms with van der Waals surface area (Å²) in [6.07, 6.45) is 10.6. The first-order chi connectivity index (χ1) is 15.7. The molecule has 2 aliphatic carbocycles. The van der Waals surface area contributed by atoms with Crippen molar-refractivity contribution >= 4 is 5.97 Å². The first kappa shape index (κ1) is 21.6. The Bertz CT molecular complexity index is 924. The van der Waals surface area contributed by atoms with Gasteiger partial charge in [-0.2, -0.15) is 0 Å². The zero-order valence-corrected chi connectivity index (χ0v) is 18.8. The number of carboxylic acids is 1. The van der Waals surface area contributed by atoms with Crippen molar-refractivity contribution in [2.45, 2.75) is 82.0 Å². The second kappa shape index (κ2) is 9.72.